The molecule has 0 aliphatic heterocycles. The van der Waals surface area contributed by atoms with E-state index in [1.807, 2.05) is 13.8 Å². The van der Waals surface area contributed by atoms with E-state index in [9.17, 15) is 13.2 Å². The summed E-state index contributed by atoms with van der Waals surface area (Å²) in [6.45, 7) is 6.11. The number of rotatable bonds is 8. The van der Waals surface area contributed by atoms with E-state index in [0.29, 0.717) is 18.4 Å². The molecule has 2 nitrogen and oxygen atoms in total. The van der Waals surface area contributed by atoms with Gasteiger partial charge in [0.15, 0.2) is 0 Å². The molecule has 98 valence electrons. The van der Waals surface area contributed by atoms with Gasteiger partial charge >= 0.3 is 6.18 Å². The number of nitrogens with one attached hydrogen (secondary N) is 1. The lowest BCUT2D eigenvalue weighted by molar-refractivity contribution is -0.174. The van der Waals surface area contributed by atoms with E-state index in [2.05, 4.69) is 17.0 Å². The average Bonchev–Trinajstić information content (AvgIpc) is 2.19. The van der Waals surface area contributed by atoms with Crippen LogP contribution in [0.3, 0.4) is 0 Å². The standard InChI is InChI=1S/C11H22F3NO/c1-4-6-15-10(3)9(2)5-7-16-8-11(12,13)14/h9-10,15H,4-8H2,1-3H3. The molecule has 1 N–H and O–H groups in total. The Morgan fingerprint density at radius 3 is 2.38 bits per heavy atom. The fraction of sp³-hybridized carbons (Fsp3) is 1.00. The first kappa shape index (κ1) is 15.7. The molecule has 0 aromatic carbocycles. The van der Waals surface area contributed by atoms with Gasteiger partial charge in [-0.05, 0) is 32.2 Å². The largest absolute Gasteiger partial charge is 0.411 e. The van der Waals surface area contributed by atoms with E-state index in [4.69, 9.17) is 0 Å². The van der Waals surface area contributed by atoms with E-state index < -0.39 is 12.8 Å². The van der Waals surface area contributed by atoms with Crippen LogP contribution in [0.2, 0.25) is 0 Å². The Bertz CT molecular complexity index is 173. The lowest BCUT2D eigenvalue weighted by atomic mass is 10.0. The van der Waals surface area contributed by atoms with E-state index in [1.165, 1.54) is 0 Å². The van der Waals surface area contributed by atoms with Gasteiger partial charge in [-0.3, -0.25) is 0 Å². The van der Waals surface area contributed by atoms with Crippen LogP contribution in [-0.4, -0.2) is 32.0 Å². The van der Waals surface area contributed by atoms with Crippen LogP contribution in [0.25, 0.3) is 0 Å². The Labute approximate surface area is 95.5 Å². The van der Waals surface area contributed by atoms with Crippen molar-refractivity contribution in [3.63, 3.8) is 0 Å². The SMILES string of the molecule is CCCNC(C)C(C)CCOCC(F)(F)F. The van der Waals surface area contributed by atoms with Gasteiger partial charge in [-0.2, -0.15) is 13.2 Å². The third-order valence-corrected chi connectivity index (χ3v) is 2.55. The van der Waals surface area contributed by atoms with Crippen LogP contribution in [0.1, 0.15) is 33.6 Å². The predicted molar refractivity (Wildman–Crippen MR) is 58.4 cm³/mol. The zero-order valence-electron chi connectivity index (χ0n) is 10.2. The highest BCUT2D eigenvalue weighted by Crippen LogP contribution is 2.15. The van der Waals surface area contributed by atoms with Crippen LogP contribution in [0.5, 0.6) is 0 Å². The Morgan fingerprint density at radius 2 is 1.88 bits per heavy atom. The molecule has 0 saturated heterocycles. The maximum atomic E-state index is 11.8. The molecule has 0 bridgehead atoms. The second kappa shape index (κ2) is 7.90. The van der Waals surface area contributed by atoms with Crippen molar-refractivity contribution in [2.75, 3.05) is 19.8 Å². The molecule has 0 rings (SSSR count). The lowest BCUT2D eigenvalue weighted by Gasteiger charge is -2.21. The van der Waals surface area contributed by atoms with Crippen molar-refractivity contribution in [1.82, 2.24) is 5.32 Å². The average molecular weight is 241 g/mol. The summed E-state index contributed by atoms with van der Waals surface area (Å²) in [5.41, 5.74) is 0. The maximum Gasteiger partial charge on any atom is 0.411 e. The normalized spacial score (nSPS) is 16.1. The summed E-state index contributed by atoms with van der Waals surface area (Å²) >= 11 is 0. The molecule has 2 unspecified atom stereocenters. The predicted octanol–water partition coefficient (Wildman–Crippen LogP) is 2.98. The summed E-state index contributed by atoms with van der Waals surface area (Å²) in [6.07, 6.45) is -2.51. The summed E-state index contributed by atoms with van der Waals surface area (Å²) in [4.78, 5) is 0. The Hall–Kier alpha value is -0.290. The topological polar surface area (TPSA) is 21.3 Å². The van der Waals surface area contributed by atoms with Crippen molar-refractivity contribution in [3.05, 3.63) is 0 Å². The third kappa shape index (κ3) is 8.97. The molecule has 2 atom stereocenters. The zero-order valence-corrected chi connectivity index (χ0v) is 10.2. The van der Waals surface area contributed by atoms with Crippen molar-refractivity contribution in [1.29, 1.82) is 0 Å². The summed E-state index contributed by atoms with van der Waals surface area (Å²) in [7, 11) is 0. The fourth-order valence-corrected chi connectivity index (χ4v) is 1.28. The molecule has 0 spiro atoms. The highest BCUT2D eigenvalue weighted by Gasteiger charge is 2.27. The van der Waals surface area contributed by atoms with Gasteiger partial charge in [0, 0.05) is 12.6 Å². The second-order valence-corrected chi connectivity index (χ2v) is 4.18. The second-order valence-electron chi connectivity index (χ2n) is 4.18. The lowest BCUT2D eigenvalue weighted by Crippen LogP contribution is -2.33. The minimum absolute atomic E-state index is 0.165. The van der Waals surface area contributed by atoms with Crippen LogP contribution in [0.15, 0.2) is 0 Å². The number of halogens is 3. The van der Waals surface area contributed by atoms with Crippen LogP contribution in [0, 0.1) is 5.92 Å². The Kier molecular flexibility index (Phi) is 7.76. The van der Waals surface area contributed by atoms with Gasteiger partial charge in [0.25, 0.3) is 0 Å². The Balaban J connectivity index is 3.53. The molecule has 0 aliphatic rings. The molecule has 0 aromatic rings. The van der Waals surface area contributed by atoms with Gasteiger partial charge in [0.1, 0.15) is 6.61 Å². The van der Waals surface area contributed by atoms with Gasteiger partial charge < -0.3 is 10.1 Å². The van der Waals surface area contributed by atoms with Crippen molar-refractivity contribution in [2.45, 2.75) is 45.8 Å². The number of hydrogen-bond donors (Lipinski definition) is 1. The quantitative estimate of drug-likeness (QED) is 0.660. The fourth-order valence-electron chi connectivity index (χ4n) is 1.28. The molecule has 5 heteroatoms. The summed E-state index contributed by atoms with van der Waals surface area (Å²) in [5, 5.41) is 3.31. The first-order valence-electron chi connectivity index (χ1n) is 5.74. The first-order valence-corrected chi connectivity index (χ1v) is 5.74. The molecule has 0 aliphatic carbocycles. The smallest absolute Gasteiger partial charge is 0.372 e. The van der Waals surface area contributed by atoms with Gasteiger partial charge in [-0.1, -0.05) is 13.8 Å². The first-order chi connectivity index (χ1) is 7.37. The molecule has 0 fully saturated rings. The number of alkyl halides is 3. The van der Waals surface area contributed by atoms with E-state index in [1.54, 1.807) is 0 Å². The maximum absolute atomic E-state index is 11.8. The monoisotopic (exact) mass is 241 g/mol. The third-order valence-electron chi connectivity index (χ3n) is 2.55. The summed E-state index contributed by atoms with van der Waals surface area (Å²) in [6, 6.07) is 0.314. The Morgan fingerprint density at radius 1 is 1.25 bits per heavy atom. The summed E-state index contributed by atoms with van der Waals surface area (Å²) < 4.78 is 39.9. The molecule has 0 radical (unpaired) electrons. The highest BCUT2D eigenvalue weighted by atomic mass is 19.4. The van der Waals surface area contributed by atoms with Gasteiger partial charge in [0.2, 0.25) is 0 Å². The zero-order chi connectivity index (χ0) is 12.6. The van der Waals surface area contributed by atoms with E-state index in [0.717, 1.165) is 13.0 Å². The van der Waals surface area contributed by atoms with Gasteiger partial charge in [-0.25, -0.2) is 0 Å². The molecule has 0 saturated carbocycles. The minimum Gasteiger partial charge on any atom is -0.372 e. The molecule has 16 heavy (non-hydrogen) atoms. The van der Waals surface area contributed by atoms with Crippen LogP contribution in [-0.2, 0) is 4.74 Å². The van der Waals surface area contributed by atoms with Crippen molar-refractivity contribution in [3.8, 4) is 0 Å². The van der Waals surface area contributed by atoms with Crippen molar-refractivity contribution in [2.24, 2.45) is 5.92 Å². The number of ether oxygens (including phenoxy) is 1. The van der Waals surface area contributed by atoms with E-state index in [-0.39, 0.29) is 6.61 Å². The molecular formula is C11H22F3NO. The molecule has 0 amide bonds. The van der Waals surface area contributed by atoms with Crippen LogP contribution >= 0.6 is 0 Å². The molecule has 0 aromatic heterocycles. The van der Waals surface area contributed by atoms with Gasteiger partial charge in [0.05, 0.1) is 0 Å². The van der Waals surface area contributed by atoms with Crippen LogP contribution < -0.4 is 5.32 Å². The summed E-state index contributed by atoms with van der Waals surface area (Å²) in [5.74, 6) is 0.319. The van der Waals surface area contributed by atoms with Crippen molar-refractivity contribution >= 4 is 0 Å². The minimum atomic E-state index is -4.21. The molecule has 0 heterocycles. The van der Waals surface area contributed by atoms with Crippen LogP contribution in [0.4, 0.5) is 13.2 Å². The highest BCUT2D eigenvalue weighted by molar-refractivity contribution is 4.67. The number of hydrogen-bond acceptors (Lipinski definition) is 2. The molecular weight excluding hydrogens is 219 g/mol. The van der Waals surface area contributed by atoms with E-state index >= 15 is 0 Å². The van der Waals surface area contributed by atoms with Gasteiger partial charge in [-0.15, -0.1) is 0 Å². The van der Waals surface area contributed by atoms with Crippen molar-refractivity contribution < 1.29 is 17.9 Å².